The number of nitrogens with two attached hydrogens (primary N) is 1. The summed E-state index contributed by atoms with van der Waals surface area (Å²) in [7, 11) is 3.15. The molecule has 1 atom stereocenters. The van der Waals surface area contributed by atoms with Crippen LogP contribution in [-0.2, 0) is 11.3 Å². The quantitative estimate of drug-likeness (QED) is 0.569. The van der Waals surface area contributed by atoms with Crippen molar-refractivity contribution in [2.45, 2.75) is 23.9 Å². The number of carbonyl (C=O) groups is 1. The van der Waals surface area contributed by atoms with Crippen molar-refractivity contribution >= 4 is 17.7 Å². The zero-order valence-corrected chi connectivity index (χ0v) is 14.0. The van der Waals surface area contributed by atoms with Crippen LogP contribution in [0.3, 0.4) is 0 Å². The summed E-state index contributed by atoms with van der Waals surface area (Å²) in [5.41, 5.74) is 0.912. The molecule has 0 saturated heterocycles. The van der Waals surface area contributed by atoms with Gasteiger partial charge in [-0.25, -0.2) is 4.68 Å². The molecule has 23 heavy (non-hydrogen) atoms. The first-order valence-corrected chi connectivity index (χ1v) is 7.73. The largest absolute Gasteiger partial charge is 0.493 e. The van der Waals surface area contributed by atoms with Crippen molar-refractivity contribution in [1.29, 1.82) is 0 Å². The van der Waals surface area contributed by atoms with Crippen LogP contribution in [0, 0.1) is 0 Å². The Hall–Kier alpha value is -2.42. The Morgan fingerprint density at radius 1 is 1.39 bits per heavy atom. The van der Waals surface area contributed by atoms with Crippen molar-refractivity contribution in [3.05, 3.63) is 30.1 Å². The van der Waals surface area contributed by atoms with Crippen LogP contribution in [0.1, 0.15) is 12.5 Å². The van der Waals surface area contributed by atoms with Crippen LogP contribution < -0.4 is 20.6 Å². The predicted octanol–water partition coefficient (Wildman–Crippen LogP) is 0.806. The Morgan fingerprint density at radius 2 is 2.13 bits per heavy atom. The number of aromatic nitrogens is 3. The first-order chi connectivity index (χ1) is 11.0. The smallest absolute Gasteiger partial charge is 0.233 e. The molecule has 8 nitrogen and oxygen atoms in total. The molecule has 1 amide bonds. The summed E-state index contributed by atoms with van der Waals surface area (Å²) in [6.45, 7) is 2.17. The number of rotatable bonds is 7. The van der Waals surface area contributed by atoms with Gasteiger partial charge in [-0.1, -0.05) is 17.8 Å². The second-order valence-electron chi connectivity index (χ2n) is 4.69. The molecule has 2 aromatic rings. The number of hydrogen-bond donors (Lipinski definition) is 2. The molecule has 2 rings (SSSR count). The highest BCUT2D eigenvalue weighted by Gasteiger charge is 2.17. The van der Waals surface area contributed by atoms with Crippen molar-refractivity contribution in [1.82, 2.24) is 20.2 Å². The SMILES string of the molecule is COc1ccc(CNC(=O)[C@H](C)Sc2nncn2N)cc1OC. The van der Waals surface area contributed by atoms with E-state index in [1.165, 1.54) is 22.8 Å². The molecule has 9 heteroatoms. The molecular formula is C14H19N5O3S. The number of ether oxygens (including phenoxy) is 2. The number of nitrogens with zero attached hydrogens (tertiary/aromatic N) is 3. The van der Waals surface area contributed by atoms with Crippen LogP contribution in [0.5, 0.6) is 11.5 Å². The number of carbonyl (C=O) groups excluding carboxylic acids is 1. The fourth-order valence-corrected chi connectivity index (χ4v) is 2.62. The molecule has 0 fully saturated rings. The molecule has 1 aromatic heterocycles. The summed E-state index contributed by atoms with van der Waals surface area (Å²) in [6, 6.07) is 5.50. The minimum absolute atomic E-state index is 0.118. The maximum absolute atomic E-state index is 12.1. The molecule has 1 heterocycles. The van der Waals surface area contributed by atoms with E-state index in [0.717, 1.165) is 5.56 Å². The first-order valence-electron chi connectivity index (χ1n) is 6.85. The molecule has 0 spiro atoms. The second-order valence-corrected chi connectivity index (χ2v) is 6.00. The van der Waals surface area contributed by atoms with Crippen molar-refractivity contribution in [2.75, 3.05) is 20.1 Å². The average molecular weight is 337 g/mol. The van der Waals surface area contributed by atoms with Gasteiger partial charge in [0.2, 0.25) is 11.1 Å². The summed E-state index contributed by atoms with van der Waals surface area (Å²) in [6.07, 6.45) is 1.39. The van der Waals surface area contributed by atoms with Gasteiger partial charge in [0.1, 0.15) is 6.33 Å². The molecule has 0 aliphatic heterocycles. The Balaban J connectivity index is 1.92. The number of methoxy groups -OCH3 is 2. The van der Waals surface area contributed by atoms with Gasteiger partial charge in [-0.3, -0.25) is 4.79 Å². The van der Waals surface area contributed by atoms with Crippen LogP contribution >= 0.6 is 11.8 Å². The summed E-state index contributed by atoms with van der Waals surface area (Å²) in [5.74, 6) is 6.78. The Bertz CT molecular complexity index is 676. The van der Waals surface area contributed by atoms with Gasteiger partial charge in [-0.15, -0.1) is 10.2 Å². The summed E-state index contributed by atoms with van der Waals surface area (Å²) in [4.78, 5) is 12.1. The molecule has 0 aliphatic carbocycles. The van der Waals surface area contributed by atoms with Crippen molar-refractivity contribution in [3.63, 3.8) is 0 Å². The van der Waals surface area contributed by atoms with Crippen LogP contribution in [0.2, 0.25) is 0 Å². The van der Waals surface area contributed by atoms with E-state index in [0.29, 0.717) is 23.2 Å². The third-order valence-electron chi connectivity index (χ3n) is 3.11. The zero-order chi connectivity index (χ0) is 16.8. The van der Waals surface area contributed by atoms with E-state index in [1.807, 2.05) is 12.1 Å². The zero-order valence-electron chi connectivity index (χ0n) is 13.1. The maximum atomic E-state index is 12.1. The Labute approximate surface area is 138 Å². The van der Waals surface area contributed by atoms with Gasteiger partial charge in [0.05, 0.1) is 19.5 Å². The number of thioether (sulfide) groups is 1. The lowest BCUT2D eigenvalue weighted by Crippen LogP contribution is -2.30. The van der Waals surface area contributed by atoms with Gasteiger partial charge < -0.3 is 20.6 Å². The predicted molar refractivity (Wildman–Crippen MR) is 86.9 cm³/mol. The molecule has 0 bridgehead atoms. The standard InChI is InChI=1S/C14H19N5O3S/c1-9(23-14-18-17-8-19(14)15)13(20)16-7-10-4-5-11(21-2)12(6-10)22-3/h4-6,8-9H,7,15H2,1-3H3,(H,16,20)/t9-/m0/s1. The molecular weight excluding hydrogens is 318 g/mol. The third kappa shape index (κ3) is 4.28. The number of nitrogen functional groups attached to an aromatic ring is 1. The highest BCUT2D eigenvalue weighted by Crippen LogP contribution is 2.27. The molecule has 0 aliphatic rings. The van der Waals surface area contributed by atoms with E-state index in [9.17, 15) is 4.79 Å². The Morgan fingerprint density at radius 3 is 2.74 bits per heavy atom. The average Bonchev–Trinajstić information content (AvgIpc) is 2.97. The molecule has 1 aromatic carbocycles. The topological polar surface area (TPSA) is 104 Å². The van der Waals surface area contributed by atoms with Crippen LogP contribution in [0.4, 0.5) is 0 Å². The molecule has 0 saturated carbocycles. The first kappa shape index (κ1) is 16.9. The summed E-state index contributed by atoms with van der Waals surface area (Å²) >= 11 is 1.24. The van der Waals surface area contributed by atoms with Gasteiger partial charge in [0.15, 0.2) is 11.5 Å². The minimum Gasteiger partial charge on any atom is -0.493 e. The second kappa shape index (κ2) is 7.73. The summed E-state index contributed by atoms with van der Waals surface area (Å²) in [5, 5.41) is 10.5. The van der Waals surface area contributed by atoms with E-state index in [2.05, 4.69) is 15.5 Å². The van der Waals surface area contributed by atoms with E-state index >= 15 is 0 Å². The normalized spacial score (nSPS) is 11.8. The van der Waals surface area contributed by atoms with Crippen LogP contribution in [-0.4, -0.2) is 40.3 Å². The fraction of sp³-hybridized carbons (Fsp3) is 0.357. The number of hydrogen-bond acceptors (Lipinski definition) is 7. The number of nitrogens with one attached hydrogen (secondary N) is 1. The van der Waals surface area contributed by atoms with Crippen molar-refractivity contribution in [2.24, 2.45) is 0 Å². The number of benzene rings is 1. The fourth-order valence-electron chi connectivity index (χ4n) is 1.85. The van der Waals surface area contributed by atoms with Gasteiger partial charge in [-0.2, -0.15) is 0 Å². The summed E-state index contributed by atoms with van der Waals surface area (Å²) < 4.78 is 11.7. The lowest BCUT2D eigenvalue weighted by molar-refractivity contribution is -0.120. The third-order valence-corrected chi connectivity index (χ3v) is 4.18. The monoisotopic (exact) mass is 337 g/mol. The molecule has 124 valence electrons. The highest BCUT2D eigenvalue weighted by molar-refractivity contribution is 8.00. The van der Waals surface area contributed by atoms with Crippen molar-refractivity contribution < 1.29 is 14.3 Å². The van der Waals surface area contributed by atoms with E-state index < -0.39 is 0 Å². The lowest BCUT2D eigenvalue weighted by atomic mass is 10.2. The minimum atomic E-state index is -0.346. The Kier molecular flexibility index (Phi) is 5.69. The van der Waals surface area contributed by atoms with Crippen molar-refractivity contribution in [3.8, 4) is 11.5 Å². The van der Waals surface area contributed by atoms with Gasteiger partial charge in [0, 0.05) is 6.54 Å². The van der Waals surface area contributed by atoms with E-state index in [4.69, 9.17) is 15.3 Å². The van der Waals surface area contributed by atoms with Crippen LogP contribution in [0.25, 0.3) is 0 Å². The van der Waals surface area contributed by atoms with E-state index in [1.54, 1.807) is 27.2 Å². The van der Waals surface area contributed by atoms with Gasteiger partial charge in [-0.05, 0) is 24.6 Å². The lowest BCUT2D eigenvalue weighted by Gasteiger charge is -2.13. The maximum Gasteiger partial charge on any atom is 0.233 e. The highest BCUT2D eigenvalue weighted by atomic mass is 32.2. The van der Waals surface area contributed by atoms with Gasteiger partial charge in [0.25, 0.3) is 0 Å². The molecule has 0 radical (unpaired) electrons. The van der Waals surface area contributed by atoms with E-state index in [-0.39, 0.29) is 11.2 Å². The van der Waals surface area contributed by atoms with Gasteiger partial charge >= 0.3 is 0 Å². The molecule has 3 N–H and O–H groups in total. The number of amides is 1. The van der Waals surface area contributed by atoms with Crippen LogP contribution in [0.15, 0.2) is 29.7 Å². The molecule has 0 unspecified atom stereocenters.